The highest BCUT2D eigenvalue weighted by atomic mass is 16.2. The molecule has 1 unspecified atom stereocenters. The molecule has 0 bridgehead atoms. The number of carbonyl (C=O) groups is 1. The van der Waals surface area contributed by atoms with Gasteiger partial charge in [0.1, 0.15) is 0 Å². The monoisotopic (exact) mass is 290 g/mol. The Hall–Kier alpha value is -1.36. The predicted octanol–water partition coefficient (Wildman–Crippen LogP) is 1.99. The van der Waals surface area contributed by atoms with Gasteiger partial charge in [-0.25, -0.2) is 4.98 Å². The van der Waals surface area contributed by atoms with Gasteiger partial charge in [-0.2, -0.15) is 0 Å². The number of nitrogens with zero attached hydrogens (tertiary/aromatic N) is 2. The Labute approximate surface area is 126 Å². The van der Waals surface area contributed by atoms with Crippen LogP contribution in [0.15, 0.2) is 6.33 Å². The van der Waals surface area contributed by atoms with E-state index in [2.05, 4.69) is 20.2 Å². The summed E-state index contributed by atoms with van der Waals surface area (Å²) in [5.41, 5.74) is 2.15. The van der Waals surface area contributed by atoms with Gasteiger partial charge in [0.05, 0.1) is 12.0 Å². The van der Waals surface area contributed by atoms with E-state index in [1.807, 2.05) is 6.92 Å². The second-order valence-electron chi connectivity index (χ2n) is 6.56. The summed E-state index contributed by atoms with van der Waals surface area (Å²) in [5, 5.41) is 3.48. The zero-order valence-electron chi connectivity index (χ0n) is 12.9. The Morgan fingerprint density at radius 2 is 2.19 bits per heavy atom. The maximum atomic E-state index is 12.2. The first-order valence-corrected chi connectivity index (χ1v) is 8.22. The molecule has 3 rings (SSSR count). The minimum absolute atomic E-state index is 0.275. The Kier molecular flexibility index (Phi) is 4.58. The second kappa shape index (κ2) is 6.60. The standard InChI is InChI=1S/C16H26N4O/c1-12-15(19-11-18-12)8-17-14-7-16(21)20(10-14)9-13-5-3-2-4-6-13/h11,13-14,17H,2-10H2,1H3,(H,18,19). The lowest BCUT2D eigenvalue weighted by Crippen LogP contribution is -2.35. The van der Waals surface area contributed by atoms with E-state index in [0.29, 0.717) is 12.3 Å². The molecule has 2 N–H and O–H groups in total. The summed E-state index contributed by atoms with van der Waals surface area (Å²) in [4.78, 5) is 21.6. The van der Waals surface area contributed by atoms with Crippen molar-refractivity contribution in [3.8, 4) is 0 Å². The molecular weight excluding hydrogens is 264 g/mol. The molecule has 1 amide bonds. The van der Waals surface area contributed by atoms with Crippen molar-refractivity contribution >= 4 is 5.91 Å². The largest absolute Gasteiger partial charge is 0.348 e. The molecule has 5 nitrogen and oxygen atoms in total. The van der Waals surface area contributed by atoms with Crippen LogP contribution in [-0.4, -0.2) is 39.9 Å². The van der Waals surface area contributed by atoms with Crippen LogP contribution in [0.3, 0.4) is 0 Å². The van der Waals surface area contributed by atoms with Crippen LogP contribution in [0.1, 0.15) is 49.9 Å². The molecule has 1 atom stereocenters. The van der Waals surface area contributed by atoms with Gasteiger partial charge >= 0.3 is 0 Å². The molecule has 1 aliphatic heterocycles. The van der Waals surface area contributed by atoms with Gasteiger partial charge in [-0.3, -0.25) is 4.79 Å². The first kappa shape index (κ1) is 14.6. The summed E-state index contributed by atoms with van der Waals surface area (Å²) < 4.78 is 0. The van der Waals surface area contributed by atoms with Crippen LogP contribution in [0.25, 0.3) is 0 Å². The Balaban J connectivity index is 1.46. The maximum absolute atomic E-state index is 12.2. The molecule has 21 heavy (non-hydrogen) atoms. The average molecular weight is 290 g/mol. The third-order valence-electron chi connectivity index (χ3n) is 4.91. The molecule has 2 aliphatic rings. The van der Waals surface area contributed by atoms with E-state index in [-0.39, 0.29) is 6.04 Å². The van der Waals surface area contributed by atoms with Crippen molar-refractivity contribution in [2.24, 2.45) is 5.92 Å². The highest BCUT2D eigenvalue weighted by Gasteiger charge is 2.31. The van der Waals surface area contributed by atoms with Crippen molar-refractivity contribution in [3.05, 3.63) is 17.7 Å². The van der Waals surface area contributed by atoms with E-state index in [1.165, 1.54) is 32.1 Å². The van der Waals surface area contributed by atoms with Gasteiger partial charge in [-0.05, 0) is 25.7 Å². The summed E-state index contributed by atoms with van der Waals surface area (Å²) in [5.74, 6) is 1.05. The lowest BCUT2D eigenvalue weighted by molar-refractivity contribution is -0.128. The van der Waals surface area contributed by atoms with Crippen molar-refractivity contribution in [1.82, 2.24) is 20.2 Å². The normalized spacial score (nSPS) is 24.0. The van der Waals surface area contributed by atoms with E-state index >= 15 is 0 Å². The highest BCUT2D eigenvalue weighted by Crippen LogP contribution is 2.26. The maximum Gasteiger partial charge on any atom is 0.224 e. The average Bonchev–Trinajstić information content (AvgIpc) is 3.04. The van der Waals surface area contributed by atoms with E-state index in [4.69, 9.17) is 0 Å². The lowest BCUT2D eigenvalue weighted by atomic mass is 9.89. The van der Waals surface area contributed by atoms with E-state index < -0.39 is 0 Å². The molecule has 1 saturated carbocycles. The first-order chi connectivity index (χ1) is 10.2. The number of imidazole rings is 1. The third-order valence-corrected chi connectivity index (χ3v) is 4.91. The summed E-state index contributed by atoms with van der Waals surface area (Å²) in [6.07, 6.45) is 9.01. The van der Waals surface area contributed by atoms with Gasteiger partial charge in [0, 0.05) is 37.8 Å². The number of aromatic nitrogens is 2. The smallest absolute Gasteiger partial charge is 0.224 e. The van der Waals surface area contributed by atoms with Crippen LogP contribution in [0.5, 0.6) is 0 Å². The van der Waals surface area contributed by atoms with Gasteiger partial charge in [0.15, 0.2) is 0 Å². The topological polar surface area (TPSA) is 61.0 Å². The van der Waals surface area contributed by atoms with Crippen LogP contribution < -0.4 is 5.32 Å². The van der Waals surface area contributed by atoms with Crippen molar-refractivity contribution in [1.29, 1.82) is 0 Å². The number of H-pyrrole nitrogens is 1. The van der Waals surface area contributed by atoms with Gasteiger partial charge in [0.25, 0.3) is 0 Å². The number of hydrogen-bond donors (Lipinski definition) is 2. The summed E-state index contributed by atoms with van der Waals surface area (Å²) >= 11 is 0. The molecule has 1 aliphatic carbocycles. The number of hydrogen-bond acceptors (Lipinski definition) is 3. The number of rotatable bonds is 5. The first-order valence-electron chi connectivity index (χ1n) is 8.22. The molecule has 1 saturated heterocycles. The molecular formula is C16H26N4O. The van der Waals surface area contributed by atoms with Crippen molar-refractivity contribution in [2.75, 3.05) is 13.1 Å². The number of aryl methyl sites for hydroxylation is 1. The van der Waals surface area contributed by atoms with Crippen molar-refractivity contribution in [3.63, 3.8) is 0 Å². The highest BCUT2D eigenvalue weighted by molar-refractivity contribution is 5.79. The van der Waals surface area contributed by atoms with Gasteiger partial charge in [-0.15, -0.1) is 0 Å². The predicted molar refractivity (Wildman–Crippen MR) is 81.7 cm³/mol. The number of aromatic amines is 1. The molecule has 5 heteroatoms. The molecule has 2 fully saturated rings. The minimum Gasteiger partial charge on any atom is -0.348 e. The zero-order chi connectivity index (χ0) is 14.7. The number of amides is 1. The van der Waals surface area contributed by atoms with E-state index in [0.717, 1.165) is 36.9 Å². The Morgan fingerprint density at radius 1 is 1.38 bits per heavy atom. The van der Waals surface area contributed by atoms with Crippen molar-refractivity contribution in [2.45, 2.75) is 58.0 Å². The summed E-state index contributed by atoms with van der Waals surface area (Å²) in [6.45, 7) is 4.60. The van der Waals surface area contributed by atoms with Gasteiger partial charge in [0.2, 0.25) is 5.91 Å². The number of likely N-dealkylation sites (tertiary alicyclic amines) is 1. The fourth-order valence-corrected chi connectivity index (χ4v) is 3.57. The number of nitrogens with one attached hydrogen (secondary N) is 2. The van der Waals surface area contributed by atoms with Crippen molar-refractivity contribution < 1.29 is 4.79 Å². The number of carbonyl (C=O) groups excluding carboxylic acids is 1. The van der Waals surface area contributed by atoms with Gasteiger partial charge < -0.3 is 15.2 Å². The van der Waals surface area contributed by atoms with Crippen LogP contribution in [0, 0.1) is 12.8 Å². The van der Waals surface area contributed by atoms with Crippen LogP contribution >= 0.6 is 0 Å². The third kappa shape index (κ3) is 3.64. The zero-order valence-corrected chi connectivity index (χ0v) is 12.9. The van der Waals surface area contributed by atoms with Crippen LogP contribution in [-0.2, 0) is 11.3 Å². The molecule has 116 valence electrons. The van der Waals surface area contributed by atoms with E-state index in [1.54, 1.807) is 6.33 Å². The lowest BCUT2D eigenvalue weighted by Gasteiger charge is -2.27. The summed E-state index contributed by atoms with van der Waals surface area (Å²) in [7, 11) is 0. The van der Waals surface area contributed by atoms with Crippen LogP contribution in [0.2, 0.25) is 0 Å². The molecule has 0 aromatic carbocycles. The molecule has 0 spiro atoms. The fraction of sp³-hybridized carbons (Fsp3) is 0.750. The van der Waals surface area contributed by atoms with E-state index in [9.17, 15) is 4.79 Å². The Bertz CT molecular complexity index is 478. The SMILES string of the molecule is Cc1[nH]cnc1CNC1CC(=O)N(CC2CCCCC2)C1. The molecule has 0 radical (unpaired) electrons. The molecule has 1 aromatic rings. The fourth-order valence-electron chi connectivity index (χ4n) is 3.57. The van der Waals surface area contributed by atoms with Crippen LogP contribution in [0.4, 0.5) is 0 Å². The molecule has 2 heterocycles. The van der Waals surface area contributed by atoms with Gasteiger partial charge in [-0.1, -0.05) is 19.3 Å². The molecule has 1 aromatic heterocycles. The second-order valence-corrected chi connectivity index (χ2v) is 6.56. The quantitative estimate of drug-likeness (QED) is 0.872. The Morgan fingerprint density at radius 3 is 2.90 bits per heavy atom. The minimum atomic E-state index is 0.275. The summed E-state index contributed by atoms with van der Waals surface area (Å²) in [6, 6.07) is 0.275.